The van der Waals surface area contributed by atoms with E-state index in [1.165, 1.54) is 24.0 Å². The van der Waals surface area contributed by atoms with E-state index in [-0.39, 0.29) is 0 Å². The van der Waals surface area contributed by atoms with Crippen LogP contribution in [0, 0.1) is 12.8 Å². The molecule has 0 atom stereocenters. The molecule has 1 fully saturated rings. The number of ether oxygens (including phenoxy) is 1. The van der Waals surface area contributed by atoms with Gasteiger partial charge in [0.05, 0.1) is 6.61 Å². The molecule has 0 bridgehead atoms. The van der Waals surface area contributed by atoms with Gasteiger partial charge in [0.25, 0.3) is 0 Å². The third-order valence-corrected chi connectivity index (χ3v) is 3.35. The molecular weight excluding hydrogens is 246 g/mol. The SMILES string of the molecule is CC.Cc1ncccc1-c1ccc(OCC2CC2)cc1. The topological polar surface area (TPSA) is 22.1 Å². The monoisotopic (exact) mass is 269 g/mol. The number of pyridine rings is 1. The lowest BCUT2D eigenvalue weighted by Crippen LogP contribution is -1.98. The zero-order chi connectivity index (χ0) is 14.4. The number of benzene rings is 1. The van der Waals surface area contributed by atoms with Crippen LogP contribution in [0.1, 0.15) is 32.4 Å². The summed E-state index contributed by atoms with van der Waals surface area (Å²) in [4.78, 5) is 4.31. The van der Waals surface area contributed by atoms with Crippen molar-refractivity contribution in [1.82, 2.24) is 4.98 Å². The second kappa shape index (κ2) is 7.09. The van der Waals surface area contributed by atoms with Crippen molar-refractivity contribution in [3.05, 3.63) is 48.3 Å². The van der Waals surface area contributed by atoms with E-state index < -0.39 is 0 Å². The molecule has 3 rings (SSSR count). The molecule has 1 aliphatic rings. The molecule has 0 unspecified atom stereocenters. The van der Waals surface area contributed by atoms with Crippen LogP contribution in [0.4, 0.5) is 0 Å². The van der Waals surface area contributed by atoms with Crippen LogP contribution in [0.3, 0.4) is 0 Å². The van der Waals surface area contributed by atoms with Crippen molar-refractivity contribution in [2.24, 2.45) is 5.92 Å². The van der Waals surface area contributed by atoms with Gasteiger partial charge in [0.15, 0.2) is 0 Å². The molecule has 1 saturated carbocycles. The Morgan fingerprint density at radius 2 is 1.80 bits per heavy atom. The van der Waals surface area contributed by atoms with Crippen molar-refractivity contribution in [2.45, 2.75) is 33.6 Å². The first-order chi connectivity index (χ1) is 9.83. The summed E-state index contributed by atoms with van der Waals surface area (Å²) in [6.07, 6.45) is 4.48. The van der Waals surface area contributed by atoms with E-state index in [1.54, 1.807) is 0 Å². The fraction of sp³-hybridized carbons (Fsp3) is 0.389. The minimum Gasteiger partial charge on any atom is -0.493 e. The molecule has 0 N–H and O–H groups in total. The maximum absolute atomic E-state index is 5.74. The Balaban J connectivity index is 0.000000704. The molecule has 0 amide bonds. The first-order valence-electron chi connectivity index (χ1n) is 7.48. The highest BCUT2D eigenvalue weighted by molar-refractivity contribution is 5.66. The highest BCUT2D eigenvalue weighted by atomic mass is 16.5. The summed E-state index contributed by atoms with van der Waals surface area (Å²) < 4.78 is 5.74. The van der Waals surface area contributed by atoms with E-state index in [4.69, 9.17) is 4.74 Å². The quantitative estimate of drug-likeness (QED) is 0.789. The van der Waals surface area contributed by atoms with Crippen LogP contribution < -0.4 is 4.74 Å². The van der Waals surface area contributed by atoms with Gasteiger partial charge in [-0.15, -0.1) is 0 Å². The van der Waals surface area contributed by atoms with Gasteiger partial charge in [-0.05, 0) is 49.4 Å². The molecule has 20 heavy (non-hydrogen) atoms. The van der Waals surface area contributed by atoms with Crippen LogP contribution in [-0.2, 0) is 0 Å². The number of rotatable bonds is 4. The summed E-state index contributed by atoms with van der Waals surface area (Å²) >= 11 is 0. The van der Waals surface area contributed by atoms with Gasteiger partial charge in [-0.3, -0.25) is 4.98 Å². The van der Waals surface area contributed by atoms with Gasteiger partial charge in [-0.25, -0.2) is 0 Å². The average molecular weight is 269 g/mol. The van der Waals surface area contributed by atoms with Gasteiger partial charge in [-0.1, -0.05) is 32.0 Å². The van der Waals surface area contributed by atoms with Gasteiger partial charge < -0.3 is 4.74 Å². The van der Waals surface area contributed by atoms with E-state index in [9.17, 15) is 0 Å². The van der Waals surface area contributed by atoms with E-state index in [0.717, 1.165) is 24.0 Å². The van der Waals surface area contributed by atoms with Crippen LogP contribution in [-0.4, -0.2) is 11.6 Å². The highest BCUT2D eigenvalue weighted by Gasteiger charge is 2.21. The molecule has 0 radical (unpaired) electrons. The average Bonchev–Trinajstić information content (AvgIpc) is 3.33. The zero-order valence-electron chi connectivity index (χ0n) is 12.6. The molecule has 106 valence electrons. The van der Waals surface area contributed by atoms with Crippen molar-refractivity contribution in [3.8, 4) is 16.9 Å². The first kappa shape index (κ1) is 14.6. The number of aromatic nitrogens is 1. The summed E-state index contributed by atoms with van der Waals surface area (Å²) in [5.41, 5.74) is 3.44. The standard InChI is InChI=1S/C16H17NO.C2H6/c1-12-16(3-2-10-17-12)14-6-8-15(9-7-14)18-11-13-4-5-13;1-2/h2-3,6-10,13H,4-5,11H2,1H3;1-2H3. The molecule has 1 aromatic carbocycles. The van der Waals surface area contributed by atoms with E-state index >= 15 is 0 Å². The molecular formula is C18H23NO. The Morgan fingerprint density at radius 3 is 2.40 bits per heavy atom. The number of nitrogens with zero attached hydrogens (tertiary/aromatic N) is 1. The van der Waals surface area contributed by atoms with Crippen LogP contribution >= 0.6 is 0 Å². The lowest BCUT2D eigenvalue weighted by molar-refractivity contribution is 0.300. The molecule has 2 nitrogen and oxygen atoms in total. The second-order valence-corrected chi connectivity index (χ2v) is 4.92. The second-order valence-electron chi connectivity index (χ2n) is 4.92. The summed E-state index contributed by atoms with van der Waals surface area (Å²) in [5, 5.41) is 0. The lowest BCUT2D eigenvalue weighted by atomic mass is 10.0. The molecule has 0 spiro atoms. The summed E-state index contributed by atoms with van der Waals surface area (Å²) in [6, 6.07) is 12.4. The van der Waals surface area contributed by atoms with E-state index in [1.807, 2.05) is 45.2 Å². The first-order valence-corrected chi connectivity index (χ1v) is 7.48. The largest absolute Gasteiger partial charge is 0.493 e. The van der Waals surface area contributed by atoms with Crippen molar-refractivity contribution >= 4 is 0 Å². The van der Waals surface area contributed by atoms with Crippen LogP contribution in [0.25, 0.3) is 11.1 Å². The maximum Gasteiger partial charge on any atom is 0.119 e. The number of hydrogen-bond acceptors (Lipinski definition) is 2. The van der Waals surface area contributed by atoms with Gasteiger partial charge in [0.1, 0.15) is 5.75 Å². The van der Waals surface area contributed by atoms with E-state index in [0.29, 0.717) is 0 Å². The Labute approximate surface area is 121 Å². The third kappa shape index (κ3) is 3.83. The number of hydrogen-bond donors (Lipinski definition) is 0. The highest BCUT2D eigenvalue weighted by Crippen LogP contribution is 2.30. The minimum absolute atomic E-state index is 0.797. The van der Waals surface area contributed by atoms with E-state index in [2.05, 4.69) is 23.2 Å². The van der Waals surface area contributed by atoms with Gasteiger partial charge in [0, 0.05) is 17.5 Å². The zero-order valence-corrected chi connectivity index (χ0v) is 12.6. The molecule has 1 heterocycles. The molecule has 1 aliphatic carbocycles. The van der Waals surface area contributed by atoms with Crippen LogP contribution in [0.2, 0.25) is 0 Å². The Bertz CT molecular complexity index is 529. The fourth-order valence-corrected chi connectivity index (χ4v) is 2.02. The van der Waals surface area contributed by atoms with Crippen LogP contribution in [0.15, 0.2) is 42.6 Å². The normalized spacial score (nSPS) is 13.3. The summed E-state index contributed by atoms with van der Waals surface area (Å²) in [7, 11) is 0. The van der Waals surface area contributed by atoms with Crippen molar-refractivity contribution in [2.75, 3.05) is 6.61 Å². The molecule has 0 aliphatic heterocycles. The minimum atomic E-state index is 0.797. The molecule has 2 heteroatoms. The van der Waals surface area contributed by atoms with Crippen molar-refractivity contribution in [3.63, 3.8) is 0 Å². The van der Waals surface area contributed by atoms with Crippen molar-refractivity contribution < 1.29 is 4.74 Å². The smallest absolute Gasteiger partial charge is 0.119 e. The van der Waals surface area contributed by atoms with Crippen LogP contribution in [0.5, 0.6) is 5.75 Å². The molecule has 2 aromatic rings. The predicted octanol–water partition coefficient (Wildman–Crippen LogP) is 4.87. The number of aryl methyl sites for hydroxylation is 1. The Kier molecular flexibility index (Phi) is 5.16. The lowest BCUT2D eigenvalue weighted by Gasteiger charge is -2.08. The predicted molar refractivity (Wildman–Crippen MR) is 84.0 cm³/mol. The summed E-state index contributed by atoms with van der Waals surface area (Å²) in [6.45, 7) is 6.90. The maximum atomic E-state index is 5.74. The molecule has 1 aromatic heterocycles. The third-order valence-electron chi connectivity index (χ3n) is 3.35. The van der Waals surface area contributed by atoms with Gasteiger partial charge in [-0.2, -0.15) is 0 Å². The Hall–Kier alpha value is -1.83. The Morgan fingerprint density at radius 1 is 1.10 bits per heavy atom. The van der Waals surface area contributed by atoms with Crippen molar-refractivity contribution in [1.29, 1.82) is 0 Å². The van der Waals surface area contributed by atoms with Gasteiger partial charge >= 0.3 is 0 Å². The summed E-state index contributed by atoms with van der Waals surface area (Å²) in [5.74, 6) is 1.76. The van der Waals surface area contributed by atoms with Gasteiger partial charge in [0.2, 0.25) is 0 Å². The molecule has 0 saturated heterocycles. The fourth-order valence-electron chi connectivity index (χ4n) is 2.02.